The van der Waals surface area contributed by atoms with Crippen LogP contribution in [0.4, 0.5) is 5.13 Å². The van der Waals surface area contributed by atoms with Gasteiger partial charge in [-0.2, -0.15) is 0 Å². The first-order valence-electron chi connectivity index (χ1n) is 4.21. The average molecular weight is 214 g/mol. The first-order valence-corrected chi connectivity index (χ1v) is 5.03. The first kappa shape index (κ1) is 11.0. The number of nitrogens with two attached hydrogens (primary N) is 1. The van der Waals surface area contributed by atoms with Crippen LogP contribution in [-0.2, 0) is 10.2 Å². The molecule has 0 spiro atoms. The Bertz CT molecular complexity index is 352. The van der Waals surface area contributed by atoms with Crippen molar-refractivity contribution < 1.29 is 9.53 Å². The maximum atomic E-state index is 11.4. The highest BCUT2D eigenvalue weighted by molar-refractivity contribution is 7.15. The molecule has 0 bridgehead atoms. The summed E-state index contributed by atoms with van der Waals surface area (Å²) in [7, 11) is 1.34. The van der Waals surface area contributed by atoms with E-state index < -0.39 is 5.97 Å². The maximum absolute atomic E-state index is 11.4. The van der Waals surface area contributed by atoms with Gasteiger partial charge in [-0.05, 0) is 5.41 Å². The molecule has 2 N–H and O–H groups in total. The molecule has 78 valence electrons. The number of nitrogens with zero attached hydrogens (tertiary/aromatic N) is 1. The number of ether oxygens (including phenoxy) is 1. The quantitative estimate of drug-likeness (QED) is 0.724. The molecule has 0 unspecified atom stereocenters. The van der Waals surface area contributed by atoms with E-state index in [1.165, 1.54) is 18.4 Å². The third kappa shape index (κ3) is 2.04. The van der Waals surface area contributed by atoms with Gasteiger partial charge in [-0.25, -0.2) is 9.78 Å². The van der Waals surface area contributed by atoms with Crippen LogP contribution >= 0.6 is 11.3 Å². The predicted molar refractivity (Wildman–Crippen MR) is 56.6 cm³/mol. The average Bonchev–Trinajstić information content (AvgIpc) is 2.45. The van der Waals surface area contributed by atoms with E-state index in [1.54, 1.807) is 0 Å². The number of aromatic nitrogens is 1. The summed E-state index contributed by atoms with van der Waals surface area (Å²) in [5, 5.41) is 0.398. The number of esters is 1. The zero-order chi connectivity index (χ0) is 10.9. The van der Waals surface area contributed by atoms with Crippen molar-refractivity contribution in [3.63, 3.8) is 0 Å². The molecule has 4 nitrogen and oxygen atoms in total. The molecule has 14 heavy (non-hydrogen) atoms. The van der Waals surface area contributed by atoms with Crippen LogP contribution in [0, 0.1) is 0 Å². The number of anilines is 1. The van der Waals surface area contributed by atoms with Crippen LogP contribution in [0.25, 0.3) is 0 Å². The molecular weight excluding hydrogens is 200 g/mol. The number of hydrogen-bond acceptors (Lipinski definition) is 5. The zero-order valence-electron chi connectivity index (χ0n) is 8.75. The summed E-state index contributed by atoms with van der Waals surface area (Å²) < 4.78 is 4.64. The fraction of sp³-hybridized carbons (Fsp3) is 0.556. The lowest BCUT2D eigenvalue weighted by molar-refractivity contribution is 0.0592. The van der Waals surface area contributed by atoms with Crippen LogP contribution in [0.1, 0.15) is 36.1 Å². The van der Waals surface area contributed by atoms with Crippen LogP contribution in [0.5, 0.6) is 0 Å². The van der Waals surface area contributed by atoms with Gasteiger partial charge in [0.05, 0.1) is 7.11 Å². The smallest absolute Gasteiger partial charge is 0.357 e. The predicted octanol–water partition coefficient (Wildman–Crippen LogP) is 1.81. The van der Waals surface area contributed by atoms with Crippen molar-refractivity contribution in [1.29, 1.82) is 0 Å². The Kier molecular flexibility index (Phi) is 2.80. The van der Waals surface area contributed by atoms with E-state index >= 15 is 0 Å². The molecule has 0 atom stereocenters. The van der Waals surface area contributed by atoms with Crippen LogP contribution in [0.2, 0.25) is 0 Å². The molecule has 0 aromatic carbocycles. The van der Waals surface area contributed by atoms with Crippen LogP contribution in [0.15, 0.2) is 0 Å². The molecule has 1 rings (SSSR count). The lowest BCUT2D eigenvalue weighted by Gasteiger charge is -2.16. The molecule has 5 heteroatoms. The zero-order valence-corrected chi connectivity index (χ0v) is 9.57. The molecule has 0 fully saturated rings. The summed E-state index contributed by atoms with van der Waals surface area (Å²) in [5.74, 6) is -0.428. The van der Waals surface area contributed by atoms with Crippen molar-refractivity contribution in [2.75, 3.05) is 12.8 Å². The van der Waals surface area contributed by atoms with E-state index in [4.69, 9.17) is 5.73 Å². The van der Waals surface area contributed by atoms with E-state index in [0.717, 1.165) is 4.88 Å². The van der Waals surface area contributed by atoms with Gasteiger partial charge in [-0.15, -0.1) is 11.3 Å². The minimum absolute atomic E-state index is 0.140. The molecule has 0 radical (unpaired) electrons. The second-order valence-electron chi connectivity index (χ2n) is 3.97. The van der Waals surface area contributed by atoms with Gasteiger partial charge < -0.3 is 10.5 Å². The van der Waals surface area contributed by atoms with Gasteiger partial charge in [0.1, 0.15) is 0 Å². The summed E-state index contributed by atoms with van der Waals surface area (Å²) in [4.78, 5) is 16.2. The molecular formula is C9H14N2O2S. The van der Waals surface area contributed by atoms with Crippen LogP contribution < -0.4 is 5.73 Å². The van der Waals surface area contributed by atoms with Gasteiger partial charge in [0.15, 0.2) is 10.8 Å². The van der Waals surface area contributed by atoms with Gasteiger partial charge in [0, 0.05) is 4.88 Å². The molecule has 0 saturated carbocycles. The second kappa shape index (κ2) is 3.57. The Balaban J connectivity index is 3.23. The van der Waals surface area contributed by atoms with Crippen molar-refractivity contribution in [2.24, 2.45) is 0 Å². The third-order valence-electron chi connectivity index (χ3n) is 1.70. The van der Waals surface area contributed by atoms with Gasteiger partial charge in [0.25, 0.3) is 0 Å². The summed E-state index contributed by atoms with van der Waals surface area (Å²) in [6.45, 7) is 6.02. The van der Waals surface area contributed by atoms with Gasteiger partial charge in [-0.3, -0.25) is 0 Å². The highest BCUT2D eigenvalue weighted by Crippen LogP contribution is 2.32. The molecule has 0 amide bonds. The number of carbonyl (C=O) groups excluding carboxylic acids is 1. The third-order valence-corrected chi connectivity index (χ3v) is 3.01. The number of nitrogen functional groups attached to an aromatic ring is 1. The lowest BCUT2D eigenvalue weighted by Crippen LogP contribution is -2.15. The highest BCUT2D eigenvalue weighted by atomic mass is 32.1. The molecule has 1 aromatic heterocycles. The molecule has 0 aliphatic carbocycles. The normalized spacial score (nSPS) is 11.4. The maximum Gasteiger partial charge on any atom is 0.357 e. The summed E-state index contributed by atoms with van der Waals surface area (Å²) in [5.41, 5.74) is 5.76. The first-order chi connectivity index (χ1) is 6.36. The minimum atomic E-state index is -0.428. The Hall–Kier alpha value is -1.10. The summed E-state index contributed by atoms with van der Waals surface area (Å²) >= 11 is 1.33. The van der Waals surface area contributed by atoms with Crippen LogP contribution in [0.3, 0.4) is 0 Å². The van der Waals surface area contributed by atoms with E-state index in [9.17, 15) is 4.79 Å². The molecule has 0 aliphatic heterocycles. The van der Waals surface area contributed by atoms with Crippen LogP contribution in [-0.4, -0.2) is 18.1 Å². The minimum Gasteiger partial charge on any atom is -0.464 e. The molecule has 1 aromatic rings. The van der Waals surface area contributed by atoms with E-state index in [2.05, 4.69) is 9.72 Å². The monoisotopic (exact) mass is 214 g/mol. The van der Waals surface area contributed by atoms with Crippen molar-refractivity contribution in [3.05, 3.63) is 10.6 Å². The van der Waals surface area contributed by atoms with E-state index in [1.807, 2.05) is 20.8 Å². The van der Waals surface area contributed by atoms with Crippen molar-refractivity contribution in [1.82, 2.24) is 4.98 Å². The number of thiazole rings is 1. The standard InChI is InChI=1S/C9H14N2O2S/c1-9(2,3)6-5(7(12)13-4)11-8(10)14-6/h1-4H3,(H2,10,11). The summed E-state index contributed by atoms with van der Waals surface area (Å²) in [6, 6.07) is 0. The number of methoxy groups -OCH3 is 1. The Morgan fingerprint density at radius 2 is 2.07 bits per heavy atom. The fourth-order valence-corrected chi connectivity index (χ4v) is 1.96. The molecule has 0 saturated heterocycles. The Morgan fingerprint density at radius 3 is 2.50 bits per heavy atom. The van der Waals surface area contributed by atoms with Crippen molar-refractivity contribution in [2.45, 2.75) is 26.2 Å². The van der Waals surface area contributed by atoms with Crippen molar-refractivity contribution in [3.8, 4) is 0 Å². The topological polar surface area (TPSA) is 65.2 Å². The lowest BCUT2D eigenvalue weighted by atomic mass is 9.93. The fourth-order valence-electron chi connectivity index (χ4n) is 1.08. The van der Waals surface area contributed by atoms with Gasteiger partial charge in [-0.1, -0.05) is 20.8 Å². The number of carbonyl (C=O) groups is 1. The molecule has 1 heterocycles. The highest BCUT2D eigenvalue weighted by Gasteiger charge is 2.26. The second-order valence-corrected chi connectivity index (χ2v) is 5.00. The number of rotatable bonds is 1. The van der Waals surface area contributed by atoms with Gasteiger partial charge >= 0.3 is 5.97 Å². The number of hydrogen-bond donors (Lipinski definition) is 1. The van der Waals surface area contributed by atoms with E-state index in [-0.39, 0.29) is 5.41 Å². The Labute approximate surface area is 87.1 Å². The largest absolute Gasteiger partial charge is 0.464 e. The van der Waals surface area contributed by atoms with Gasteiger partial charge in [0.2, 0.25) is 0 Å². The summed E-state index contributed by atoms with van der Waals surface area (Å²) in [6.07, 6.45) is 0. The molecule has 0 aliphatic rings. The Morgan fingerprint density at radius 1 is 1.50 bits per heavy atom. The van der Waals surface area contributed by atoms with E-state index in [0.29, 0.717) is 10.8 Å². The van der Waals surface area contributed by atoms with Crippen molar-refractivity contribution >= 4 is 22.4 Å². The SMILES string of the molecule is COC(=O)c1nc(N)sc1C(C)(C)C.